The number of alkyl halides is 3. The fraction of sp³-hybridized carbons (Fsp3) is 0.222. The van der Waals surface area contributed by atoms with E-state index in [1.54, 1.807) is 30.3 Å². The molecule has 0 aliphatic rings. The molecule has 1 amide bonds. The molecule has 0 heterocycles. The Labute approximate surface area is 162 Å². The van der Waals surface area contributed by atoms with Gasteiger partial charge in [-0.1, -0.05) is 18.2 Å². The summed E-state index contributed by atoms with van der Waals surface area (Å²) in [6.45, 7) is 0.515. The van der Waals surface area contributed by atoms with Gasteiger partial charge in [0.25, 0.3) is 11.6 Å². The van der Waals surface area contributed by atoms with Crippen LogP contribution in [0.5, 0.6) is 5.75 Å². The van der Waals surface area contributed by atoms with Crippen LogP contribution in [0.3, 0.4) is 0 Å². The van der Waals surface area contributed by atoms with Crippen LogP contribution in [0.15, 0.2) is 48.5 Å². The minimum absolute atomic E-state index is 0.303. The summed E-state index contributed by atoms with van der Waals surface area (Å²) in [5.74, 6) is -1.56. The highest BCUT2D eigenvalue weighted by molar-refractivity contribution is 5.94. The number of halogens is 3. The van der Waals surface area contributed by atoms with Gasteiger partial charge in [-0.25, -0.2) is 4.79 Å². The van der Waals surface area contributed by atoms with Gasteiger partial charge in [-0.15, -0.1) is 0 Å². The third-order valence-corrected chi connectivity index (χ3v) is 3.53. The van der Waals surface area contributed by atoms with E-state index in [4.69, 9.17) is 9.47 Å². The number of carbonyl (C=O) groups excluding carboxylic acids is 2. The van der Waals surface area contributed by atoms with Crippen molar-refractivity contribution in [1.82, 2.24) is 0 Å². The van der Waals surface area contributed by atoms with Crippen molar-refractivity contribution < 1.29 is 37.2 Å². The number of amides is 1. The molecule has 0 saturated carbocycles. The molecule has 0 saturated heterocycles. The maximum atomic E-state index is 13.1. The van der Waals surface area contributed by atoms with Crippen LogP contribution in [-0.4, -0.2) is 29.5 Å². The number of carbonyl (C=O) groups is 2. The van der Waals surface area contributed by atoms with Crippen LogP contribution >= 0.6 is 0 Å². The summed E-state index contributed by atoms with van der Waals surface area (Å²) in [6, 6.07) is 10.2. The van der Waals surface area contributed by atoms with Crippen molar-refractivity contribution in [2.45, 2.75) is 19.2 Å². The Hall–Kier alpha value is -3.63. The van der Waals surface area contributed by atoms with E-state index in [1.807, 2.05) is 5.32 Å². The van der Waals surface area contributed by atoms with E-state index >= 15 is 0 Å². The van der Waals surface area contributed by atoms with E-state index in [2.05, 4.69) is 0 Å². The van der Waals surface area contributed by atoms with Crippen molar-refractivity contribution in [2.75, 3.05) is 11.9 Å². The minimum atomic E-state index is -4.94. The Kier molecular flexibility index (Phi) is 6.75. The smallest absolute Gasteiger partial charge is 0.418 e. The highest BCUT2D eigenvalue weighted by atomic mass is 19.4. The van der Waals surface area contributed by atoms with Gasteiger partial charge in [0.2, 0.25) is 0 Å². The molecule has 2 aromatic carbocycles. The predicted molar refractivity (Wildman–Crippen MR) is 94.2 cm³/mol. The largest absolute Gasteiger partial charge is 0.479 e. The molecular formula is C18H15F3N2O6. The molecule has 0 bridgehead atoms. The molecule has 0 fully saturated rings. The molecule has 1 N–H and O–H groups in total. The lowest BCUT2D eigenvalue weighted by Crippen LogP contribution is -2.30. The number of nitrogens with one attached hydrogen (secondary N) is 1. The summed E-state index contributed by atoms with van der Waals surface area (Å²) in [6.07, 6.45) is -6.00. The summed E-state index contributed by atoms with van der Waals surface area (Å²) >= 11 is 0. The predicted octanol–water partition coefficient (Wildman–Crippen LogP) is 3.56. The number of ether oxygens (including phenoxy) is 2. The number of benzene rings is 2. The number of nitro benzene ring substituents is 1. The second kappa shape index (κ2) is 9.04. The van der Waals surface area contributed by atoms with E-state index in [-0.39, 0.29) is 0 Å². The lowest BCUT2D eigenvalue weighted by Gasteiger charge is -2.15. The van der Waals surface area contributed by atoms with Crippen LogP contribution in [-0.2, 0) is 20.5 Å². The second-order valence-electron chi connectivity index (χ2n) is 5.71. The first-order valence-corrected chi connectivity index (χ1v) is 8.11. The van der Waals surface area contributed by atoms with Gasteiger partial charge in [-0.05, 0) is 25.1 Å². The molecule has 0 aliphatic carbocycles. The molecular weight excluding hydrogens is 397 g/mol. The zero-order valence-electron chi connectivity index (χ0n) is 14.9. The Morgan fingerprint density at radius 3 is 2.41 bits per heavy atom. The average molecular weight is 412 g/mol. The minimum Gasteiger partial charge on any atom is -0.479 e. The van der Waals surface area contributed by atoms with Gasteiger partial charge in [0.05, 0.1) is 16.2 Å². The topological polar surface area (TPSA) is 108 Å². The molecule has 2 rings (SSSR count). The number of para-hydroxylation sites is 1. The molecule has 29 heavy (non-hydrogen) atoms. The molecule has 0 spiro atoms. The first-order valence-electron chi connectivity index (χ1n) is 8.11. The molecule has 11 heteroatoms. The molecule has 0 aromatic heterocycles. The van der Waals surface area contributed by atoms with Crippen LogP contribution in [0.4, 0.5) is 24.5 Å². The molecule has 0 aliphatic heterocycles. The van der Waals surface area contributed by atoms with Crippen LogP contribution in [0.1, 0.15) is 12.5 Å². The zero-order chi connectivity index (χ0) is 21.6. The third-order valence-electron chi connectivity index (χ3n) is 3.53. The highest BCUT2D eigenvalue weighted by Gasteiger charge is 2.35. The van der Waals surface area contributed by atoms with E-state index in [9.17, 15) is 32.9 Å². The van der Waals surface area contributed by atoms with Crippen LogP contribution < -0.4 is 10.1 Å². The number of non-ortho nitro benzene ring substituents is 1. The number of hydrogen-bond donors (Lipinski definition) is 1. The van der Waals surface area contributed by atoms with Crippen molar-refractivity contribution in [3.05, 3.63) is 64.2 Å². The number of esters is 1. The standard InChI is InChI=1S/C18H15F3N2O6/c1-11(29-13-5-3-2-4-6-13)17(25)28-10-16(24)22-15-8-7-12(23(26)27)9-14(15)18(19,20)21/h2-9,11H,10H2,1H3,(H,22,24)/t11-/m1/s1. The van der Waals surface area contributed by atoms with Gasteiger partial charge >= 0.3 is 12.1 Å². The second-order valence-corrected chi connectivity index (χ2v) is 5.71. The maximum Gasteiger partial charge on any atom is 0.418 e. The first kappa shape index (κ1) is 21.7. The molecule has 8 nitrogen and oxygen atoms in total. The average Bonchev–Trinajstić information content (AvgIpc) is 2.66. The molecule has 0 radical (unpaired) electrons. The van der Waals surface area contributed by atoms with E-state index < -0.39 is 52.6 Å². The van der Waals surface area contributed by atoms with E-state index in [0.717, 1.165) is 12.1 Å². The SMILES string of the molecule is C[C@@H](Oc1ccccc1)C(=O)OCC(=O)Nc1ccc([N+](=O)[O-])cc1C(F)(F)F. The lowest BCUT2D eigenvalue weighted by atomic mass is 10.1. The molecule has 0 unspecified atom stereocenters. The van der Waals surface area contributed by atoms with Crippen molar-refractivity contribution in [1.29, 1.82) is 0 Å². The maximum absolute atomic E-state index is 13.1. The highest BCUT2D eigenvalue weighted by Crippen LogP contribution is 2.37. The number of rotatable bonds is 7. The number of anilines is 1. The molecule has 2 aromatic rings. The Morgan fingerprint density at radius 1 is 1.17 bits per heavy atom. The monoisotopic (exact) mass is 412 g/mol. The normalized spacial score (nSPS) is 12.0. The van der Waals surface area contributed by atoms with Gasteiger partial charge in [0.1, 0.15) is 5.75 Å². The van der Waals surface area contributed by atoms with Crippen molar-refractivity contribution in [3.8, 4) is 5.75 Å². The third kappa shape index (κ3) is 6.19. The van der Waals surface area contributed by atoms with Gasteiger partial charge in [0, 0.05) is 12.1 Å². The Balaban J connectivity index is 1.98. The fourth-order valence-electron chi connectivity index (χ4n) is 2.18. The summed E-state index contributed by atoms with van der Waals surface area (Å²) in [5.41, 5.74) is -2.88. The quantitative estimate of drug-likeness (QED) is 0.423. The van der Waals surface area contributed by atoms with E-state index in [1.165, 1.54) is 6.92 Å². The van der Waals surface area contributed by atoms with Crippen molar-refractivity contribution in [2.24, 2.45) is 0 Å². The summed E-state index contributed by atoms with van der Waals surface area (Å²) in [7, 11) is 0. The summed E-state index contributed by atoms with van der Waals surface area (Å²) < 4.78 is 49.3. The van der Waals surface area contributed by atoms with Gasteiger partial charge in [0.15, 0.2) is 12.7 Å². The van der Waals surface area contributed by atoms with Gasteiger partial charge in [-0.3, -0.25) is 14.9 Å². The van der Waals surface area contributed by atoms with Crippen LogP contribution in [0.25, 0.3) is 0 Å². The molecule has 154 valence electrons. The number of nitrogens with zero attached hydrogens (tertiary/aromatic N) is 1. The summed E-state index contributed by atoms with van der Waals surface area (Å²) in [4.78, 5) is 33.4. The zero-order valence-corrected chi connectivity index (χ0v) is 14.9. The lowest BCUT2D eigenvalue weighted by molar-refractivity contribution is -0.385. The van der Waals surface area contributed by atoms with E-state index in [0.29, 0.717) is 11.8 Å². The first-order chi connectivity index (χ1) is 13.6. The van der Waals surface area contributed by atoms with Crippen LogP contribution in [0.2, 0.25) is 0 Å². The molecule has 1 atom stereocenters. The Morgan fingerprint density at radius 2 is 1.83 bits per heavy atom. The van der Waals surface area contributed by atoms with Crippen molar-refractivity contribution >= 4 is 23.3 Å². The van der Waals surface area contributed by atoms with Gasteiger partial charge < -0.3 is 14.8 Å². The summed E-state index contributed by atoms with van der Waals surface area (Å²) in [5, 5.41) is 12.6. The van der Waals surface area contributed by atoms with Gasteiger partial charge in [-0.2, -0.15) is 13.2 Å². The Bertz CT molecular complexity index is 902. The number of hydrogen-bond acceptors (Lipinski definition) is 6. The number of nitro groups is 1. The van der Waals surface area contributed by atoms with Crippen molar-refractivity contribution in [3.63, 3.8) is 0 Å². The fourth-order valence-corrected chi connectivity index (χ4v) is 2.18. The van der Waals surface area contributed by atoms with Crippen LogP contribution in [0, 0.1) is 10.1 Å².